The molecule has 212 valence electrons. The Bertz CT molecular complexity index is 1450. The third-order valence-electron chi connectivity index (χ3n) is 7.05. The van der Waals surface area contributed by atoms with Crippen molar-refractivity contribution < 1.29 is 17.0 Å². The zero-order valence-corrected chi connectivity index (χ0v) is 24.6. The van der Waals surface area contributed by atoms with Gasteiger partial charge in [-0.3, -0.25) is 0 Å². The minimum atomic E-state index is -2.50. The topological polar surface area (TPSA) is 14.1 Å². The summed E-state index contributed by atoms with van der Waals surface area (Å²) in [5.74, 6) is 0. The van der Waals surface area contributed by atoms with Crippen molar-refractivity contribution in [1.29, 1.82) is 0 Å². The van der Waals surface area contributed by atoms with Crippen LogP contribution in [-0.2, 0) is 0 Å². The Kier molecular flexibility index (Phi) is 11.1. The number of hydrogen-bond acceptors (Lipinski definition) is 0. The van der Waals surface area contributed by atoms with Gasteiger partial charge >= 0.3 is 17.0 Å². The minimum Gasteiger partial charge on any atom is -1.00 e. The van der Waals surface area contributed by atoms with E-state index in [2.05, 4.69) is 182 Å². The summed E-state index contributed by atoms with van der Waals surface area (Å²) in [7, 11) is -4.99. The van der Waals surface area contributed by atoms with Gasteiger partial charge in [-0.05, 0) is 72.8 Å². The lowest BCUT2D eigenvalue weighted by molar-refractivity contribution is -0.00100. The molecule has 0 heterocycles. The lowest BCUT2D eigenvalue weighted by atomic mass is 10.4. The molecule has 0 radical (unpaired) electrons. The highest BCUT2D eigenvalue weighted by molar-refractivity contribution is 7.93. The van der Waals surface area contributed by atoms with Crippen LogP contribution in [0.15, 0.2) is 182 Å². The average molecular weight is 598 g/mol. The second-order valence-corrected chi connectivity index (χ2v) is 15.7. The Morgan fingerprint density at radius 3 is 0.548 bits per heavy atom. The van der Waals surface area contributed by atoms with Gasteiger partial charge in [-0.15, -0.1) is 4.17 Å². The first kappa shape index (κ1) is 32.2. The van der Waals surface area contributed by atoms with E-state index in [1.165, 1.54) is 31.8 Å². The summed E-state index contributed by atoms with van der Waals surface area (Å²) in [6.45, 7) is 0. The van der Waals surface area contributed by atoms with E-state index in [1.54, 1.807) is 0 Å². The van der Waals surface area contributed by atoms with Gasteiger partial charge in [0.25, 0.3) is 0 Å². The standard InChI is InChI=1S/C36H30NP2.3FH/c1-7-19-31(20-8-1)38(32-21-9-2-10-22-32,33-23-11-3-12-24-33)37-39(34-25-13-4-14-26-34,35-27-15-5-16-28-35)36-29-17-6-18-30-36;;;/h1-30H;3*1H/q+1;;;/p-1. The monoisotopic (exact) mass is 597 g/mol. The summed E-state index contributed by atoms with van der Waals surface area (Å²) in [5.41, 5.74) is 0. The van der Waals surface area contributed by atoms with E-state index >= 15 is 0 Å². The van der Waals surface area contributed by atoms with Gasteiger partial charge < -0.3 is 14.1 Å². The highest BCUT2D eigenvalue weighted by atomic mass is 31.2. The van der Waals surface area contributed by atoms with Crippen molar-refractivity contribution in [3.8, 4) is 0 Å². The quantitative estimate of drug-likeness (QED) is 0.151. The van der Waals surface area contributed by atoms with Crippen LogP contribution in [-0.4, -0.2) is 0 Å². The first-order valence-corrected chi connectivity index (χ1v) is 16.7. The molecule has 0 bridgehead atoms. The molecule has 6 heteroatoms. The van der Waals surface area contributed by atoms with Crippen molar-refractivity contribution in [2.75, 3.05) is 0 Å². The summed E-state index contributed by atoms with van der Waals surface area (Å²) in [6, 6.07) is 65.7. The molecule has 1 nitrogen and oxygen atoms in total. The second kappa shape index (κ2) is 14.5. The van der Waals surface area contributed by atoms with E-state index in [4.69, 9.17) is 4.17 Å². The Hall–Kier alpha value is -4.32. The SMILES string of the molecule is [F-].[F-].[F-].[H+].[H+].c1ccc(P(=[N+]=P(c2ccccc2)(c2ccccc2)c2ccccc2)(c2ccccc2)c2ccccc2)cc1. The molecule has 0 aliphatic rings. The van der Waals surface area contributed by atoms with Crippen molar-refractivity contribution in [1.82, 2.24) is 4.17 Å². The van der Waals surface area contributed by atoms with Gasteiger partial charge in [0.05, 0.1) is 31.8 Å². The van der Waals surface area contributed by atoms with E-state index in [1.807, 2.05) is 0 Å². The molecule has 0 unspecified atom stereocenters. The molecule has 0 amide bonds. The predicted octanol–water partition coefficient (Wildman–Crippen LogP) is -2.35. The third kappa shape index (κ3) is 5.85. The maximum absolute atomic E-state index is 6.38. The van der Waals surface area contributed by atoms with Gasteiger partial charge in [-0.1, -0.05) is 109 Å². The van der Waals surface area contributed by atoms with Crippen molar-refractivity contribution in [3.63, 3.8) is 0 Å². The van der Waals surface area contributed by atoms with Crippen LogP contribution in [0, 0.1) is 0 Å². The number of halogens is 3. The van der Waals surface area contributed by atoms with Gasteiger partial charge in [0.1, 0.15) is 0 Å². The average Bonchev–Trinajstić information content (AvgIpc) is 3.04. The Balaban J connectivity index is 0.00000194. The zero-order valence-electron chi connectivity index (χ0n) is 24.8. The maximum Gasteiger partial charge on any atom is 1.00 e. The molecule has 0 N–H and O–H groups in total. The molecular weight excluding hydrogens is 565 g/mol. The molecule has 42 heavy (non-hydrogen) atoms. The van der Waals surface area contributed by atoms with Gasteiger partial charge in [0.15, 0.2) is 0 Å². The summed E-state index contributed by atoms with van der Waals surface area (Å²) in [5, 5.41) is 7.55. The van der Waals surface area contributed by atoms with Crippen LogP contribution in [0.4, 0.5) is 0 Å². The molecule has 6 aromatic rings. The fourth-order valence-corrected chi connectivity index (χ4v) is 14.8. The van der Waals surface area contributed by atoms with Gasteiger partial charge in [-0.25, -0.2) is 0 Å². The summed E-state index contributed by atoms with van der Waals surface area (Å²) >= 11 is 0. The van der Waals surface area contributed by atoms with Crippen LogP contribution < -0.4 is 50.1 Å². The molecule has 0 aliphatic heterocycles. The zero-order chi connectivity index (χ0) is 26.4. The van der Waals surface area contributed by atoms with Crippen LogP contribution in [0.25, 0.3) is 0 Å². The molecular formula is C36H32F3NP2. The van der Waals surface area contributed by atoms with Crippen molar-refractivity contribution in [3.05, 3.63) is 182 Å². The smallest absolute Gasteiger partial charge is 1.00 e. The first-order chi connectivity index (χ1) is 19.3. The maximum atomic E-state index is 6.38. The largest absolute Gasteiger partial charge is 1.00 e. The van der Waals surface area contributed by atoms with Gasteiger partial charge in [0, 0.05) is 0 Å². The van der Waals surface area contributed by atoms with Crippen LogP contribution in [0.3, 0.4) is 0 Å². The van der Waals surface area contributed by atoms with Crippen molar-refractivity contribution in [2.24, 2.45) is 0 Å². The van der Waals surface area contributed by atoms with E-state index in [9.17, 15) is 0 Å². The van der Waals surface area contributed by atoms with E-state index in [-0.39, 0.29) is 17.0 Å². The fourth-order valence-electron chi connectivity index (χ4n) is 5.27. The molecule has 0 aromatic heterocycles. The molecule has 0 aliphatic carbocycles. The van der Waals surface area contributed by atoms with Crippen LogP contribution in [0.1, 0.15) is 2.85 Å². The fraction of sp³-hybridized carbons (Fsp3) is 0. The third-order valence-corrected chi connectivity index (χ3v) is 15.5. The van der Waals surface area contributed by atoms with E-state index < -0.39 is 14.1 Å². The first-order valence-electron chi connectivity index (χ1n) is 13.2. The Morgan fingerprint density at radius 1 is 0.262 bits per heavy atom. The highest BCUT2D eigenvalue weighted by Gasteiger charge is 2.44. The van der Waals surface area contributed by atoms with Crippen molar-refractivity contribution >= 4 is 45.9 Å². The molecule has 0 saturated carbocycles. The Labute approximate surface area is 248 Å². The normalized spacial score (nSPS) is 10.7. The highest BCUT2D eigenvalue weighted by Crippen LogP contribution is 2.50. The van der Waals surface area contributed by atoms with Gasteiger partial charge in [-0.2, -0.15) is 0 Å². The predicted molar refractivity (Wildman–Crippen MR) is 175 cm³/mol. The van der Waals surface area contributed by atoms with Gasteiger partial charge in [0.2, 0.25) is 0 Å². The molecule has 0 spiro atoms. The van der Waals surface area contributed by atoms with Crippen molar-refractivity contribution in [2.45, 2.75) is 0 Å². The van der Waals surface area contributed by atoms with E-state index in [0.29, 0.717) is 0 Å². The summed E-state index contributed by atoms with van der Waals surface area (Å²) < 4.78 is 6.38. The molecule has 6 rings (SSSR count). The molecule has 0 saturated heterocycles. The number of rotatable bonds is 6. The number of hydrogen-bond donors (Lipinski definition) is 0. The lowest BCUT2D eigenvalue weighted by Crippen LogP contribution is -3.00. The lowest BCUT2D eigenvalue weighted by Gasteiger charge is -2.20. The number of nitrogens with zero attached hydrogens (tertiary/aromatic N) is 1. The molecule has 0 fully saturated rings. The van der Waals surface area contributed by atoms with Crippen LogP contribution in [0.5, 0.6) is 0 Å². The molecule has 0 atom stereocenters. The minimum absolute atomic E-state index is 0. The summed E-state index contributed by atoms with van der Waals surface area (Å²) in [6.07, 6.45) is 0. The molecule has 6 aromatic carbocycles. The van der Waals surface area contributed by atoms with Crippen LogP contribution >= 0.6 is 14.1 Å². The van der Waals surface area contributed by atoms with Crippen LogP contribution in [0.2, 0.25) is 0 Å². The van der Waals surface area contributed by atoms with E-state index in [0.717, 1.165) is 0 Å². The summed E-state index contributed by atoms with van der Waals surface area (Å²) in [4.78, 5) is 0. The Morgan fingerprint density at radius 2 is 0.405 bits per heavy atom. The number of benzene rings is 6. The second-order valence-electron chi connectivity index (χ2n) is 9.37.